The van der Waals surface area contributed by atoms with E-state index in [1.807, 2.05) is 30.3 Å². The molecule has 37 heavy (non-hydrogen) atoms. The van der Waals surface area contributed by atoms with Gasteiger partial charge in [0.15, 0.2) is 0 Å². The first kappa shape index (κ1) is 24.1. The van der Waals surface area contributed by atoms with Crippen molar-refractivity contribution in [2.75, 3.05) is 19.5 Å². The molecule has 0 atom stereocenters. The fourth-order valence-corrected chi connectivity index (χ4v) is 4.08. The molecule has 2 aromatic carbocycles. The maximum absolute atomic E-state index is 13.1. The van der Waals surface area contributed by atoms with Gasteiger partial charge >= 0.3 is 5.97 Å². The van der Waals surface area contributed by atoms with E-state index in [1.165, 1.54) is 12.3 Å². The number of benzene rings is 2. The summed E-state index contributed by atoms with van der Waals surface area (Å²) in [6.45, 7) is 0.475. The van der Waals surface area contributed by atoms with Crippen LogP contribution >= 0.6 is 0 Å². The topological polar surface area (TPSA) is 123 Å². The highest BCUT2D eigenvalue weighted by Gasteiger charge is 2.26. The molecule has 0 unspecified atom stereocenters. The Bertz CT molecular complexity index is 1470. The summed E-state index contributed by atoms with van der Waals surface area (Å²) in [6.07, 6.45) is 5.03. The van der Waals surface area contributed by atoms with Crippen LogP contribution in [0.2, 0.25) is 0 Å². The van der Waals surface area contributed by atoms with Crippen LogP contribution in [0.25, 0.3) is 22.0 Å². The molecule has 1 fully saturated rings. The van der Waals surface area contributed by atoms with E-state index in [0.29, 0.717) is 40.2 Å². The molecule has 0 radical (unpaired) electrons. The number of pyridine rings is 2. The van der Waals surface area contributed by atoms with E-state index in [4.69, 9.17) is 9.47 Å². The first-order valence-corrected chi connectivity index (χ1v) is 11.8. The number of hydrogen-bond donors (Lipinski definition) is 3. The molecule has 188 valence electrons. The molecule has 1 aliphatic rings. The van der Waals surface area contributed by atoms with Crippen LogP contribution in [0.15, 0.2) is 60.9 Å². The number of aromatic carboxylic acids is 1. The number of carbonyl (C=O) groups is 2. The molecular weight excluding hydrogens is 472 g/mol. The second-order valence-electron chi connectivity index (χ2n) is 8.80. The number of nitrogens with zero attached hydrogens (tertiary/aromatic N) is 2. The van der Waals surface area contributed by atoms with Gasteiger partial charge < -0.3 is 25.2 Å². The number of amides is 1. The standard InChI is InChI=1S/C28H26N4O5/c1-36-19-8-3-16(4-9-19)13-31-26-21-11-20(17-5-10-23(28(34)35)29-14-17)25(37-2)12-24(21)30-15-22(26)27(33)32-18-6-7-18/h3-5,8-12,14-15,18H,6-7,13H2,1-2H3,(H,30,31)(H,32,33)(H,34,35). The third kappa shape index (κ3) is 5.16. The van der Waals surface area contributed by atoms with E-state index >= 15 is 0 Å². The molecule has 1 saturated carbocycles. The van der Waals surface area contributed by atoms with Crippen molar-refractivity contribution in [1.29, 1.82) is 0 Å². The minimum absolute atomic E-state index is 0.0500. The molecule has 2 aromatic heterocycles. The highest BCUT2D eigenvalue weighted by Crippen LogP contribution is 2.37. The van der Waals surface area contributed by atoms with Crippen molar-refractivity contribution < 1.29 is 24.2 Å². The van der Waals surface area contributed by atoms with Crippen molar-refractivity contribution in [2.45, 2.75) is 25.4 Å². The zero-order valence-electron chi connectivity index (χ0n) is 20.4. The van der Waals surface area contributed by atoms with Gasteiger partial charge in [-0.3, -0.25) is 9.78 Å². The predicted octanol–water partition coefficient (Wildman–Crippen LogP) is 4.52. The summed E-state index contributed by atoms with van der Waals surface area (Å²) in [5.74, 6) is 0.0413. The normalized spacial score (nSPS) is 12.7. The molecule has 1 aliphatic carbocycles. The molecule has 4 aromatic rings. The molecule has 0 bridgehead atoms. The Morgan fingerprint density at radius 3 is 2.41 bits per heavy atom. The zero-order valence-corrected chi connectivity index (χ0v) is 20.4. The second-order valence-corrected chi connectivity index (χ2v) is 8.80. The van der Waals surface area contributed by atoms with Crippen LogP contribution in [-0.4, -0.2) is 47.2 Å². The Labute approximate surface area is 213 Å². The van der Waals surface area contributed by atoms with Gasteiger partial charge in [-0.15, -0.1) is 0 Å². The molecule has 2 heterocycles. The van der Waals surface area contributed by atoms with Gasteiger partial charge in [0.25, 0.3) is 5.91 Å². The van der Waals surface area contributed by atoms with Crippen LogP contribution in [0, 0.1) is 0 Å². The number of rotatable bonds is 9. The number of fused-ring (bicyclic) bond motifs is 1. The lowest BCUT2D eigenvalue weighted by molar-refractivity contribution is 0.0690. The molecule has 0 saturated heterocycles. The van der Waals surface area contributed by atoms with Crippen LogP contribution in [-0.2, 0) is 6.54 Å². The van der Waals surface area contributed by atoms with E-state index in [2.05, 4.69) is 20.6 Å². The van der Waals surface area contributed by atoms with E-state index < -0.39 is 5.97 Å². The van der Waals surface area contributed by atoms with Gasteiger partial charge in [0.2, 0.25) is 0 Å². The number of carboxylic acid groups (broad SMARTS) is 1. The number of hydrogen-bond acceptors (Lipinski definition) is 7. The second kappa shape index (κ2) is 10.1. The first-order chi connectivity index (χ1) is 18.0. The Kier molecular flexibility index (Phi) is 6.59. The largest absolute Gasteiger partial charge is 0.497 e. The molecular formula is C28H26N4O5. The van der Waals surface area contributed by atoms with E-state index in [1.54, 1.807) is 32.5 Å². The van der Waals surface area contributed by atoms with Gasteiger partial charge in [0.1, 0.15) is 17.2 Å². The number of nitrogens with one attached hydrogen (secondary N) is 2. The maximum atomic E-state index is 13.1. The van der Waals surface area contributed by atoms with Crippen molar-refractivity contribution >= 4 is 28.5 Å². The lowest BCUT2D eigenvalue weighted by atomic mass is 10.0. The van der Waals surface area contributed by atoms with Crippen molar-refractivity contribution in [1.82, 2.24) is 15.3 Å². The molecule has 9 heteroatoms. The molecule has 5 rings (SSSR count). The molecule has 0 spiro atoms. The lowest BCUT2D eigenvalue weighted by Gasteiger charge is -2.17. The van der Waals surface area contributed by atoms with Gasteiger partial charge in [0.05, 0.1) is 31.0 Å². The summed E-state index contributed by atoms with van der Waals surface area (Å²) in [6, 6.07) is 14.7. The van der Waals surface area contributed by atoms with Crippen LogP contribution in [0.3, 0.4) is 0 Å². The summed E-state index contributed by atoms with van der Waals surface area (Å²) in [7, 11) is 3.18. The van der Waals surface area contributed by atoms with Gasteiger partial charge in [-0.1, -0.05) is 18.2 Å². The quantitative estimate of drug-likeness (QED) is 0.308. The van der Waals surface area contributed by atoms with Crippen LogP contribution < -0.4 is 20.1 Å². The number of anilines is 1. The third-order valence-electron chi connectivity index (χ3n) is 6.27. The predicted molar refractivity (Wildman–Crippen MR) is 139 cm³/mol. The first-order valence-electron chi connectivity index (χ1n) is 11.8. The smallest absolute Gasteiger partial charge is 0.354 e. The highest BCUT2D eigenvalue weighted by atomic mass is 16.5. The minimum Gasteiger partial charge on any atom is -0.497 e. The van der Waals surface area contributed by atoms with E-state index in [0.717, 1.165) is 29.5 Å². The Hall–Kier alpha value is -4.66. The molecule has 9 nitrogen and oxygen atoms in total. The third-order valence-corrected chi connectivity index (χ3v) is 6.27. The summed E-state index contributed by atoms with van der Waals surface area (Å²) in [5, 5.41) is 16.4. The number of methoxy groups -OCH3 is 2. The zero-order chi connectivity index (χ0) is 25.9. The summed E-state index contributed by atoms with van der Waals surface area (Å²) >= 11 is 0. The minimum atomic E-state index is -1.10. The maximum Gasteiger partial charge on any atom is 0.354 e. The number of ether oxygens (including phenoxy) is 2. The van der Waals surface area contributed by atoms with Gasteiger partial charge in [-0.2, -0.15) is 0 Å². The van der Waals surface area contributed by atoms with Crippen LogP contribution in [0.1, 0.15) is 39.3 Å². The fourth-order valence-electron chi connectivity index (χ4n) is 4.08. The summed E-state index contributed by atoms with van der Waals surface area (Å²) in [4.78, 5) is 33.0. The van der Waals surface area contributed by atoms with Gasteiger partial charge in [-0.05, 0) is 42.7 Å². The Morgan fingerprint density at radius 1 is 1.00 bits per heavy atom. The highest BCUT2D eigenvalue weighted by molar-refractivity contribution is 6.08. The average molecular weight is 499 g/mol. The van der Waals surface area contributed by atoms with Crippen molar-refractivity contribution in [3.8, 4) is 22.6 Å². The molecule has 0 aliphatic heterocycles. The summed E-state index contributed by atoms with van der Waals surface area (Å²) in [5.41, 5.74) is 4.09. The molecule has 1 amide bonds. The van der Waals surface area contributed by atoms with Crippen LogP contribution in [0.4, 0.5) is 5.69 Å². The Balaban J connectivity index is 1.60. The lowest BCUT2D eigenvalue weighted by Crippen LogP contribution is -2.26. The number of carboxylic acids is 1. The number of carbonyl (C=O) groups excluding carboxylic acids is 1. The van der Waals surface area contributed by atoms with Crippen molar-refractivity contribution in [3.63, 3.8) is 0 Å². The van der Waals surface area contributed by atoms with E-state index in [9.17, 15) is 14.7 Å². The van der Waals surface area contributed by atoms with Crippen molar-refractivity contribution in [3.05, 3.63) is 77.7 Å². The van der Waals surface area contributed by atoms with Gasteiger partial charge in [0, 0.05) is 47.6 Å². The SMILES string of the molecule is COc1ccc(CNc2c(C(=O)NC3CC3)cnc3cc(OC)c(-c4ccc(C(=O)O)nc4)cc23)cc1. The number of aromatic nitrogens is 2. The average Bonchev–Trinajstić information content (AvgIpc) is 3.75. The monoisotopic (exact) mass is 498 g/mol. The van der Waals surface area contributed by atoms with Gasteiger partial charge in [-0.25, -0.2) is 9.78 Å². The Morgan fingerprint density at radius 2 is 1.78 bits per heavy atom. The van der Waals surface area contributed by atoms with E-state index in [-0.39, 0.29) is 17.6 Å². The van der Waals surface area contributed by atoms with Crippen LogP contribution in [0.5, 0.6) is 11.5 Å². The fraction of sp³-hybridized carbons (Fsp3) is 0.214. The van der Waals surface area contributed by atoms with Crippen molar-refractivity contribution in [2.24, 2.45) is 0 Å². The summed E-state index contributed by atoms with van der Waals surface area (Å²) < 4.78 is 10.9. The molecule has 3 N–H and O–H groups in total.